The molecule has 0 aliphatic rings. The lowest BCUT2D eigenvalue weighted by Gasteiger charge is -2.05. The van der Waals surface area contributed by atoms with Crippen LogP contribution in [0.2, 0.25) is 5.15 Å². The van der Waals surface area contributed by atoms with Crippen molar-refractivity contribution < 1.29 is 13.3 Å². The van der Waals surface area contributed by atoms with E-state index in [1.807, 2.05) is 25.1 Å². The van der Waals surface area contributed by atoms with Gasteiger partial charge in [0.05, 0.1) is 24.7 Å². The molecule has 28 heavy (non-hydrogen) atoms. The number of aromatic nitrogens is 2. The van der Waals surface area contributed by atoms with Crippen LogP contribution in [0.5, 0.6) is 0 Å². The van der Waals surface area contributed by atoms with Gasteiger partial charge in [-0.1, -0.05) is 11.6 Å². The molecular weight excluding hydrogens is 382 g/mol. The Hall–Kier alpha value is -3.28. The van der Waals surface area contributed by atoms with Crippen molar-refractivity contribution in [1.29, 1.82) is 5.26 Å². The highest BCUT2D eigenvalue weighted by Crippen LogP contribution is 2.38. The molecule has 0 aliphatic heterocycles. The first-order valence-electron chi connectivity index (χ1n) is 8.55. The molecule has 0 radical (unpaired) electrons. The third-order valence-electron chi connectivity index (χ3n) is 4.05. The summed E-state index contributed by atoms with van der Waals surface area (Å²) in [4.78, 5) is 8.59. The highest BCUT2D eigenvalue weighted by atomic mass is 35.5. The summed E-state index contributed by atoms with van der Waals surface area (Å²) in [5.74, 6) is 1.65. The zero-order valence-corrected chi connectivity index (χ0v) is 15.7. The molecule has 0 fully saturated rings. The van der Waals surface area contributed by atoms with Crippen LogP contribution in [-0.2, 0) is 13.0 Å². The van der Waals surface area contributed by atoms with Crippen LogP contribution in [0.1, 0.15) is 24.2 Å². The number of rotatable bonds is 6. The molecule has 3 N–H and O–H groups in total. The average molecular weight is 398 g/mol. The second-order valence-electron chi connectivity index (χ2n) is 6.33. The van der Waals surface area contributed by atoms with E-state index in [0.717, 1.165) is 5.76 Å². The molecule has 4 aromatic rings. The Kier molecular flexibility index (Phi) is 4.77. The predicted molar refractivity (Wildman–Crippen MR) is 103 cm³/mol. The summed E-state index contributed by atoms with van der Waals surface area (Å²) in [6, 6.07) is 7.10. The molecule has 0 amide bonds. The van der Waals surface area contributed by atoms with Crippen LogP contribution in [0.25, 0.3) is 22.6 Å². The van der Waals surface area contributed by atoms with Crippen LogP contribution < -0.4 is 11.1 Å². The second-order valence-corrected chi connectivity index (χ2v) is 6.71. The van der Waals surface area contributed by atoms with Crippen molar-refractivity contribution in [3.05, 3.63) is 53.1 Å². The van der Waals surface area contributed by atoms with Gasteiger partial charge in [0, 0.05) is 18.5 Å². The van der Waals surface area contributed by atoms with Gasteiger partial charge in [-0.05, 0) is 19.1 Å². The molecule has 4 aromatic heterocycles. The van der Waals surface area contributed by atoms with Crippen LogP contribution in [0.15, 0.2) is 43.9 Å². The molecule has 0 aliphatic carbocycles. The summed E-state index contributed by atoms with van der Waals surface area (Å²) < 4.78 is 17.0. The maximum Gasteiger partial charge on any atom is 0.233 e. The van der Waals surface area contributed by atoms with E-state index < -0.39 is 0 Å². The first-order chi connectivity index (χ1) is 13.5. The van der Waals surface area contributed by atoms with Crippen molar-refractivity contribution in [3.63, 3.8) is 0 Å². The van der Waals surface area contributed by atoms with Crippen LogP contribution in [0, 0.1) is 11.3 Å². The van der Waals surface area contributed by atoms with Gasteiger partial charge >= 0.3 is 0 Å². The van der Waals surface area contributed by atoms with Gasteiger partial charge in [-0.15, -0.1) is 0 Å². The molecule has 4 heterocycles. The normalized spacial score (nSPS) is 12.2. The van der Waals surface area contributed by atoms with Gasteiger partial charge in [0.25, 0.3) is 0 Å². The number of fused-ring (bicyclic) bond motifs is 1. The highest BCUT2D eigenvalue weighted by molar-refractivity contribution is 6.30. The molecule has 0 unspecified atom stereocenters. The third kappa shape index (κ3) is 3.45. The fraction of sp³-hybridized carbons (Fsp3) is 0.211. The van der Waals surface area contributed by atoms with Crippen LogP contribution in [-0.4, -0.2) is 16.0 Å². The van der Waals surface area contributed by atoms with Crippen LogP contribution in [0.4, 0.5) is 5.69 Å². The quantitative estimate of drug-likeness (QED) is 0.465. The second kappa shape index (κ2) is 7.38. The minimum absolute atomic E-state index is 0.0919. The Bertz CT molecular complexity index is 1150. The van der Waals surface area contributed by atoms with Gasteiger partial charge < -0.3 is 24.3 Å². The number of hydrogen-bond donors (Lipinski definition) is 2. The lowest BCUT2D eigenvalue weighted by molar-refractivity contribution is 0.514. The van der Waals surface area contributed by atoms with Crippen molar-refractivity contribution in [2.75, 3.05) is 5.32 Å². The third-order valence-corrected chi connectivity index (χ3v) is 4.25. The number of furan rings is 2. The Balaban J connectivity index is 1.85. The fourth-order valence-corrected chi connectivity index (χ4v) is 3.10. The highest BCUT2D eigenvalue weighted by Gasteiger charge is 2.25. The molecule has 0 bridgehead atoms. The number of oxazole rings is 1. The Morgan fingerprint density at radius 1 is 1.39 bits per heavy atom. The number of nitrogens with one attached hydrogen (secondary N) is 1. The number of hydrogen-bond acceptors (Lipinski definition) is 8. The number of nitrogens with two attached hydrogens (primary N) is 1. The van der Waals surface area contributed by atoms with Gasteiger partial charge in [-0.25, -0.2) is 9.97 Å². The molecule has 8 nitrogen and oxygen atoms in total. The standard InChI is InChI=1S/C19H16ClN5O3/c1-10(22)5-14-16(19-24-9-12(7-21)27-19)17-18(28-14)13(6-15(20)25-17)23-8-11-3-2-4-26-11/h2-4,6,9-10H,5,8,22H2,1H3,(H,23,25)/t10-/m0/s1. The van der Waals surface area contributed by atoms with Crippen LogP contribution in [0.3, 0.4) is 0 Å². The maximum atomic E-state index is 9.04. The smallest absolute Gasteiger partial charge is 0.233 e. The summed E-state index contributed by atoms with van der Waals surface area (Å²) in [7, 11) is 0. The predicted octanol–water partition coefficient (Wildman–Crippen LogP) is 4.10. The monoisotopic (exact) mass is 397 g/mol. The Morgan fingerprint density at radius 3 is 2.93 bits per heavy atom. The molecule has 1 atom stereocenters. The summed E-state index contributed by atoms with van der Waals surface area (Å²) in [6.45, 7) is 2.31. The molecule has 0 aromatic carbocycles. The molecule has 0 spiro atoms. The molecule has 4 rings (SSSR count). The minimum atomic E-state index is -0.167. The van der Waals surface area contributed by atoms with Crippen molar-refractivity contribution in [3.8, 4) is 17.5 Å². The van der Waals surface area contributed by atoms with E-state index in [1.54, 1.807) is 12.3 Å². The molecule has 0 saturated carbocycles. The average Bonchev–Trinajstić information content (AvgIpc) is 3.38. The largest absolute Gasteiger partial charge is 0.467 e. The number of halogens is 1. The van der Waals surface area contributed by atoms with Gasteiger partial charge in [-0.3, -0.25) is 0 Å². The number of pyridine rings is 1. The van der Waals surface area contributed by atoms with Gasteiger partial charge in [-0.2, -0.15) is 5.26 Å². The minimum Gasteiger partial charge on any atom is -0.467 e. The van der Waals surface area contributed by atoms with Crippen molar-refractivity contribution >= 4 is 28.4 Å². The zero-order valence-electron chi connectivity index (χ0n) is 14.9. The zero-order chi connectivity index (χ0) is 19.7. The van der Waals surface area contributed by atoms with Crippen molar-refractivity contribution in [2.45, 2.75) is 25.9 Å². The van der Waals surface area contributed by atoms with Gasteiger partial charge in [0.1, 0.15) is 33.8 Å². The first kappa shape index (κ1) is 18.1. The van der Waals surface area contributed by atoms with Crippen molar-refractivity contribution in [1.82, 2.24) is 9.97 Å². The van der Waals surface area contributed by atoms with E-state index in [2.05, 4.69) is 15.3 Å². The van der Waals surface area contributed by atoms with Gasteiger partial charge in [0.15, 0.2) is 5.58 Å². The summed E-state index contributed by atoms with van der Waals surface area (Å²) >= 11 is 6.25. The van der Waals surface area contributed by atoms with Gasteiger partial charge in [0.2, 0.25) is 11.7 Å². The maximum absolute atomic E-state index is 9.04. The Labute approximate surface area is 164 Å². The lowest BCUT2D eigenvalue weighted by atomic mass is 10.1. The molecule has 0 saturated heterocycles. The summed E-state index contributed by atoms with van der Waals surface area (Å²) in [5.41, 5.74) is 8.15. The summed E-state index contributed by atoms with van der Waals surface area (Å²) in [6.07, 6.45) is 3.39. The Morgan fingerprint density at radius 2 is 2.25 bits per heavy atom. The lowest BCUT2D eigenvalue weighted by Crippen LogP contribution is -2.17. The van der Waals surface area contributed by atoms with E-state index in [4.69, 9.17) is 35.8 Å². The number of anilines is 1. The fourth-order valence-electron chi connectivity index (χ4n) is 2.91. The van der Waals surface area contributed by atoms with Crippen LogP contribution >= 0.6 is 11.6 Å². The van der Waals surface area contributed by atoms with E-state index in [-0.39, 0.29) is 22.8 Å². The molecule has 9 heteroatoms. The summed E-state index contributed by atoms with van der Waals surface area (Å²) in [5, 5.41) is 12.6. The molecule has 142 valence electrons. The SMILES string of the molecule is C[C@H](N)Cc1oc2c(NCc3ccco3)cc(Cl)nc2c1-c1ncc(C#N)o1. The van der Waals surface area contributed by atoms with Crippen molar-refractivity contribution in [2.24, 2.45) is 5.73 Å². The molecular formula is C19H16ClN5O3. The van der Waals surface area contributed by atoms with E-state index >= 15 is 0 Å². The van der Waals surface area contributed by atoms with E-state index in [1.165, 1.54) is 6.20 Å². The van der Waals surface area contributed by atoms with E-state index in [9.17, 15) is 0 Å². The van der Waals surface area contributed by atoms with E-state index in [0.29, 0.717) is 41.1 Å². The number of nitriles is 1. The number of nitrogens with zero attached hydrogens (tertiary/aromatic N) is 3. The topological polar surface area (TPSA) is 127 Å². The first-order valence-corrected chi connectivity index (χ1v) is 8.93.